The monoisotopic (exact) mass is 553 g/mol. The minimum absolute atomic E-state index is 0.00272. The van der Waals surface area contributed by atoms with E-state index in [0.29, 0.717) is 5.01 Å². The van der Waals surface area contributed by atoms with E-state index in [1.54, 1.807) is 54.6 Å². The first-order valence-electron chi connectivity index (χ1n) is 12.1. The van der Waals surface area contributed by atoms with E-state index < -0.39 is 54.3 Å². The van der Waals surface area contributed by atoms with Gasteiger partial charge in [0.05, 0.1) is 0 Å². The molecule has 0 aromatic heterocycles. The van der Waals surface area contributed by atoms with Gasteiger partial charge in [-0.05, 0) is 25.0 Å². The Bertz CT molecular complexity index is 1220. The van der Waals surface area contributed by atoms with E-state index in [1.165, 1.54) is 13.8 Å². The lowest BCUT2D eigenvalue weighted by molar-refractivity contribution is -0.142. The van der Waals surface area contributed by atoms with Crippen LogP contribution in [-0.2, 0) is 46.7 Å². The maximum atomic E-state index is 12.6. The predicted molar refractivity (Wildman–Crippen MR) is 141 cm³/mol. The van der Waals surface area contributed by atoms with Gasteiger partial charge in [0, 0.05) is 12.2 Å². The molecule has 0 bridgehead atoms. The van der Waals surface area contributed by atoms with Crippen molar-refractivity contribution in [3.63, 3.8) is 0 Å². The Morgan fingerprint density at radius 1 is 0.775 bits per heavy atom. The molecule has 5 amide bonds. The summed E-state index contributed by atoms with van der Waals surface area (Å²) in [6, 6.07) is 15.5. The van der Waals surface area contributed by atoms with Gasteiger partial charge in [0.1, 0.15) is 31.8 Å². The van der Waals surface area contributed by atoms with Crippen LogP contribution in [0.2, 0.25) is 0 Å². The molecule has 5 N–H and O–H groups in total. The first kappa shape index (κ1) is 31.0. The third kappa shape index (κ3) is 11.5. The number of hydrogen-bond donors (Lipinski definition) is 4. The standard InChI is InChI=1S/C27H31N5O8/c1-18(30-27(38)40-17-21-11-7-4-8-12-21)25(36)29-19(2)26(37)31-32(15-22(28)33)23(34)13-14-24(35)39-16-20-9-5-3-6-10-20/h3-14,18-19H,15-17H2,1-2H3,(H2,28,33)(H,29,36)(H,30,38)(H,31,37)/b14-13+. The van der Waals surface area contributed by atoms with E-state index in [4.69, 9.17) is 15.2 Å². The molecule has 212 valence electrons. The smallest absolute Gasteiger partial charge is 0.408 e. The van der Waals surface area contributed by atoms with Gasteiger partial charge >= 0.3 is 12.1 Å². The number of primary amides is 1. The Kier molecular flexibility index (Phi) is 12.3. The molecule has 2 unspecified atom stereocenters. The normalized spacial score (nSPS) is 11.9. The second kappa shape index (κ2) is 15.9. The molecular formula is C27H31N5O8. The largest absolute Gasteiger partial charge is 0.458 e. The summed E-state index contributed by atoms with van der Waals surface area (Å²) in [5, 5.41) is 5.30. The molecule has 0 saturated heterocycles. The fourth-order valence-electron chi connectivity index (χ4n) is 2.98. The number of alkyl carbamates (subject to hydrolysis) is 1. The summed E-state index contributed by atoms with van der Waals surface area (Å²) < 4.78 is 10.1. The first-order chi connectivity index (χ1) is 19.0. The van der Waals surface area contributed by atoms with Gasteiger partial charge in [-0.3, -0.25) is 24.6 Å². The fraction of sp³-hybridized carbons (Fsp3) is 0.259. The van der Waals surface area contributed by atoms with Gasteiger partial charge in [-0.1, -0.05) is 60.7 Å². The summed E-state index contributed by atoms with van der Waals surface area (Å²) in [4.78, 5) is 72.8. The molecule has 2 atom stereocenters. The average Bonchev–Trinajstić information content (AvgIpc) is 2.94. The number of nitrogens with two attached hydrogens (primary N) is 1. The topological polar surface area (TPSA) is 186 Å². The lowest BCUT2D eigenvalue weighted by Gasteiger charge is -2.24. The quantitative estimate of drug-likeness (QED) is 0.166. The van der Waals surface area contributed by atoms with Gasteiger partial charge < -0.3 is 25.8 Å². The molecule has 0 heterocycles. The molecule has 40 heavy (non-hydrogen) atoms. The molecule has 2 rings (SSSR count). The van der Waals surface area contributed by atoms with Gasteiger partial charge in [-0.2, -0.15) is 0 Å². The Hall–Kier alpha value is -5.20. The number of esters is 1. The minimum Gasteiger partial charge on any atom is -0.458 e. The van der Waals surface area contributed by atoms with Crippen molar-refractivity contribution in [3.8, 4) is 0 Å². The van der Waals surface area contributed by atoms with Crippen LogP contribution in [0, 0.1) is 0 Å². The van der Waals surface area contributed by atoms with Crippen LogP contribution < -0.4 is 21.8 Å². The molecule has 0 radical (unpaired) electrons. The molecular weight excluding hydrogens is 522 g/mol. The van der Waals surface area contributed by atoms with Crippen LogP contribution in [0.3, 0.4) is 0 Å². The van der Waals surface area contributed by atoms with Crippen LogP contribution in [0.15, 0.2) is 72.8 Å². The van der Waals surface area contributed by atoms with E-state index in [9.17, 15) is 28.8 Å². The zero-order valence-corrected chi connectivity index (χ0v) is 22.0. The third-order valence-electron chi connectivity index (χ3n) is 5.10. The maximum absolute atomic E-state index is 12.6. The number of nitrogens with one attached hydrogen (secondary N) is 3. The summed E-state index contributed by atoms with van der Waals surface area (Å²) in [5.74, 6) is -4.31. The van der Waals surface area contributed by atoms with Crippen molar-refractivity contribution in [1.29, 1.82) is 0 Å². The fourth-order valence-corrected chi connectivity index (χ4v) is 2.98. The number of hydrazine groups is 1. The van der Waals surface area contributed by atoms with Crippen molar-refractivity contribution >= 4 is 35.7 Å². The molecule has 0 aliphatic heterocycles. The molecule has 2 aromatic carbocycles. The second-order valence-electron chi connectivity index (χ2n) is 8.45. The van der Waals surface area contributed by atoms with Crippen LogP contribution in [0.5, 0.6) is 0 Å². The Balaban J connectivity index is 1.84. The molecule has 0 fully saturated rings. The van der Waals surface area contributed by atoms with Crippen molar-refractivity contribution in [2.75, 3.05) is 6.54 Å². The Morgan fingerprint density at radius 2 is 1.30 bits per heavy atom. The van der Waals surface area contributed by atoms with Crippen molar-refractivity contribution in [2.24, 2.45) is 5.73 Å². The van der Waals surface area contributed by atoms with Crippen LogP contribution >= 0.6 is 0 Å². The van der Waals surface area contributed by atoms with Crippen LogP contribution in [0.4, 0.5) is 4.79 Å². The van der Waals surface area contributed by atoms with Gasteiger partial charge in [-0.25, -0.2) is 14.6 Å². The van der Waals surface area contributed by atoms with E-state index >= 15 is 0 Å². The van der Waals surface area contributed by atoms with E-state index in [0.717, 1.165) is 23.3 Å². The van der Waals surface area contributed by atoms with Crippen LogP contribution in [-0.4, -0.2) is 59.3 Å². The molecule has 0 aliphatic rings. The highest BCUT2D eigenvalue weighted by molar-refractivity contribution is 5.98. The van der Waals surface area contributed by atoms with Crippen molar-refractivity contribution in [2.45, 2.75) is 39.1 Å². The van der Waals surface area contributed by atoms with Gasteiger partial charge in [0.2, 0.25) is 11.8 Å². The van der Waals surface area contributed by atoms with Crippen LogP contribution in [0.1, 0.15) is 25.0 Å². The van der Waals surface area contributed by atoms with E-state index in [1.807, 2.05) is 6.07 Å². The average molecular weight is 554 g/mol. The van der Waals surface area contributed by atoms with Gasteiger partial charge in [0.25, 0.3) is 11.8 Å². The summed E-state index contributed by atoms with van der Waals surface area (Å²) in [7, 11) is 0. The maximum Gasteiger partial charge on any atom is 0.408 e. The van der Waals surface area contributed by atoms with Crippen molar-refractivity contribution in [3.05, 3.63) is 83.9 Å². The lowest BCUT2D eigenvalue weighted by atomic mass is 10.2. The molecule has 0 aliphatic carbocycles. The molecule has 2 aromatic rings. The van der Waals surface area contributed by atoms with Gasteiger partial charge in [0.15, 0.2) is 0 Å². The zero-order valence-electron chi connectivity index (χ0n) is 22.0. The van der Waals surface area contributed by atoms with Crippen LogP contribution in [0.25, 0.3) is 0 Å². The summed E-state index contributed by atoms with van der Waals surface area (Å²) in [6.45, 7) is 1.98. The highest BCUT2D eigenvalue weighted by atomic mass is 16.5. The number of benzene rings is 2. The highest BCUT2D eigenvalue weighted by Gasteiger charge is 2.24. The summed E-state index contributed by atoms with van der Waals surface area (Å²) >= 11 is 0. The summed E-state index contributed by atoms with van der Waals surface area (Å²) in [5.41, 5.74) is 8.82. The first-order valence-corrected chi connectivity index (χ1v) is 12.1. The Labute approximate surface area is 230 Å². The lowest BCUT2D eigenvalue weighted by Crippen LogP contribution is -2.56. The minimum atomic E-state index is -1.19. The number of carbonyl (C=O) groups is 6. The van der Waals surface area contributed by atoms with E-state index in [-0.39, 0.29) is 13.2 Å². The molecule has 0 spiro atoms. The molecule has 13 nitrogen and oxygen atoms in total. The Morgan fingerprint density at radius 3 is 1.85 bits per heavy atom. The zero-order chi connectivity index (χ0) is 29.5. The van der Waals surface area contributed by atoms with Gasteiger partial charge in [-0.15, -0.1) is 0 Å². The number of carbonyl (C=O) groups excluding carboxylic acids is 6. The van der Waals surface area contributed by atoms with Crippen molar-refractivity contribution in [1.82, 2.24) is 21.1 Å². The number of rotatable bonds is 12. The third-order valence-corrected chi connectivity index (χ3v) is 5.10. The second-order valence-corrected chi connectivity index (χ2v) is 8.45. The molecule has 0 saturated carbocycles. The number of hydrogen-bond acceptors (Lipinski definition) is 8. The molecule has 13 heteroatoms. The number of amides is 5. The summed E-state index contributed by atoms with van der Waals surface area (Å²) in [6.07, 6.45) is 0.796. The van der Waals surface area contributed by atoms with Crippen molar-refractivity contribution < 1.29 is 38.2 Å². The van der Waals surface area contributed by atoms with E-state index in [2.05, 4.69) is 16.1 Å². The number of nitrogens with zero attached hydrogens (tertiary/aromatic N) is 1. The SMILES string of the molecule is CC(NC(=O)OCc1ccccc1)C(=O)NC(C)C(=O)NN(CC(N)=O)C(=O)/C=C/C(=O)OCc1ccccc1. The predicted octanol–water partition coefficient (Wildman–Crippen LogP) is 0.451. The number of ether oxygens (including phenoxy) is 2. The highest BCUT2D eigenvalue weighted by Crippen LogP contribution is 2.02.